The van der Waals surface area contributed by atoms with Gasteiger partial charge in [-0.25, -0.2) is 0 Å². The van der Waals surface area contributed by atoms with E-state index in [1.54, 1.807) is 6.20 Å². The molecule has 178 valence electrons. The number of anilines is 1. The fraction of sp³-hybridized carbons (Fsp3) is 0.214. The molecule has 2 aromatic carbocycles. The summed E-state index contributed by atoms with van der Waals surface area (Å²) in [5, 5.41) is 4.79. The molecular weight excluding hydrogens is 478 g/mol. The molecule has 3 heterocycles. The van der Waals surface area contributed by atoms with Gasteiger partial charge in [0.05, 0.1) is 17.8 Å². The minimum atomic E-state index is -0.234. The number of halogens is 1. The van der Waals surface area contributed by atoms with E-state index in [0.717, 1.165) is 39.8 Å². The number of nitrogens with one attached hydrogen (secondary N) is 1. The number of furan rings is 1. The molecule has 4 aromatic rings. The van der Waals surface area contributed by atoms with Crippen LogP contribution in [0.25, 0.3) is 11.3 Å². The van der Waals surface area contributed by atoms with Crippen molar-refractivity contribution in [3.63, 3.8) is 0 Å². The van der Waals surface area contributed by atoms with Crippen LogP contribution in [0, 0.1) is 6.92 Å². The van der Waals surface area contributed by atoms with Gasteiger partial charge in [0.25, 0.3) is 0 Å². The van der Waals surface area contributed by atoms with Crippen LogP contribution in [0.5, 0.6) is 5.75 Å². The molecule has 5 rings (SSSR count). The summed E-state index contributed by atoms with van der Waals surface area (Å²) in [5.74, 6) is 2.36. The summed E-state index contributed by atoms with van der Waals surface area (Å²) in [4.78, 5) is 6.69. The van der Waals surface area contributed by atoms with Crippen LogP contribution in [0.3, 0.4) is 0 Å². The van der Waals surface area contributed by atoms with E-state index in [1.165, 1.54) is 0 Å². The summed E-state index contributed by atoms with van der Waals surface area (Å²) in [5.41, 5.74) is 3.78. The number of pyridine rings is 1. The summed E-state index contributed by atoms with van der Waals surface area (Å²) >= 11 is 12.2. The Morgan fingerprint density at radius 2 is 1.83 bits per heavy atom. The monoisotopic (exact) mass is 503 g/mol. The third-order valence-corrected chi connectivity index (χ3v) is 6.76. The zero-order valence-corrected chi connectivity index (χ0v) is 21.3. The van der Waals surface area contributed by atoms with Gasteiger partial charge in [-0.15, -0.1) is 0 Å². The minimum Gasteiger partial charge on any atom is -0.491 e. The van der Waals surface area contributed by atoms with Crippen LogP contribution < -0.4 is 15.0 Å². The molecule has 5 nitrogen and oxygen atoms in total. The van der Waals surface area contributed by atoms with Crippen molar-refractivity contribution >= 4 is 34.6 Å². The first kappa shape index (κ1) is 23.4. The van der Waals surface area contributed by atoms with Crippen LogP contribution in [-0.4, -0.2) is 16.2 Å². The number of hydrogen-bond donors (Lipinski definition) is 1. The molecular formula is C28H26ClN3O2S. The number of aromatic nitrogens is 1. The fourth-order valence-electron chi connectivity index (χ4n) is 4.41. The highest BCUT2D eigenvalue weighted by Crippen LogP contribution is 2.43. The van der Waals surface area contributed by atoms with Crippen LogP contribution in [0.2, 0.25) is 5.02 Å². The lowest BCUT2D eigenvalue weighted by atomic mass is 10.0. The topological polar surface area (TPSA) is 50.5 Å². The predicted octanol–water partition coefficient (Wildman–Crippen LogP) is 7.27. The molecule has 2 aromatic heterocycles. The smallest absolute Gasteiger partial charge is 0.174 e. The second-order valence-electron chi connectivity index (χ2n) is 8.77. The van der Waals surface area contributed by atoms with Crippen molar-refractivity contribution in [2.75, 3.05) is 4.90 Å². The maximum atomic E-state index is 6.47. The molecule has 1 N–H and O–H groups in total. The third-order valence-electron chi connectivity index (χ3n) is 6.04. The van der Waals surface area contributed by atoms with E-state index in [-0.39, 0.29) is 18.2 Å². The van der Waals surface area contributed by atoms with E-state index in [0.29, 0.717) is 10.1 Å². The maximum Gasteiger partial charge on any atom is 0.174 e. The van der Waals surface area contributed by atoms with Gasteiger partial charge in [0.15, 0.2) is 5.11 Å². The summed E-state index contributed by atoms with van der Waals surface area (Å²) in [6.45, 7) is 6.02. The number of ether oxygens (including phenoxy) is 1. The van der Waals surface area contributed by atoms with E-state index >= 15 is 0 Å². The molecule has 0 amide bonds. The Morgan fingerprint density at radius 1 is 1.03 bits per heavy atom. The molecule has 0 unspecified atom stereocenters. The number of benzene rings is 2. The molecule has 35 heavy (non-hydrogen) atoms. The Balaban J connectivity index is 1.56. The first-order chi connectivity index (χ1) is 16.9. The lowest BCUT2D eigenvalue weighted by Crippen LogP contribution is -2.29. The molecule has 0 aliphatic carbocycles. The van der Waals surface area contributed by atoms with Crippen LogP contribution in [0.4, 0.5) is 5.69 Å². The molecule has 1 saturated heterocycles. The van der Waals surface area contributed by atoms with Gasteiger partial charge in [0.2, 0.25) is 0 Å². The van der Waals surface area contributed by atoms with Gasteiger partial charge in [-0.3, -0.25) is 4.98 Å². The van der Waals surface area contributed by atoms with Crippen LogP contribution in [-0.2, 0) is 0 Å². The molecule has 1 aliphatic rings. The van der Waals surface area contributed by atoms with Gasteiger partial charge in [0, 0.05) is 22.5 Å². The number of nitrogens with zero attached hydrogens (tertiary/aromatic N) is 2. The number of rotatable bonds is 6. The largest absolute Gasteiger partial charge is 0.491 e. The lowest BCUT2D eigenvalue weighted by molar-refractivity contribution is 0.242. The molecule has 0 spiro atoms. The average Bonchev–Trinajstić information content (AvgIpc) is 3.46. The van der Waals surface area contributed by atoms with E-state index < -0.39 is 0 Å². The zero-order valence-electron chi connectivity index (χ0n) is 19.7. The molecule has 7 heteroatoms. The lowest BCUT2D eigenvalue weighted by Gasteiger charge is -2.26. The molecule has 0 saturated carbocycles. The Kier molecular flexibility index (Phi) is 6.50. The van der Waals surface area contributed by atoms with E-state index in [9.17, 15) is 0 Å². The Bertz CT molecular complexity index is 1340. The molecule has 0 bridgehead atoms. The van der Waals surface area contributed by atoms with E-state index in [4.69, 9.17) is 33.0 Å². The van der Waals surface area contributed by atoms with E-state index in [2.05, 4.69) is 15.2 Å². The predicted molar refractivity (Wildman–Crippen MR) is 144 cm³/mol. The Hall–Kier alpha value is -3.35. The van der Waals surface area contributed by atoms with Crippen molar-refractivity contribution in [2.24, 2.45) is 0 Å². The molecule has 0 radical (unpaired) electrons. The second-order valence-corrected chi connectivity index (χ2v) is 9.57. The van der Waals surface area contributed by atoms with Crippen molar-refractivity contribution in [1.29, 1.82) is 0 Å². The highest BCUT2D eigenvalue weighted by atomic mass is 35.5. The summed E-state index contributed by atoms with van der Waals surface area (Å²) in [7, 11) is 0. The Morgan fingerprint density at radius 3 is 2.54 bits per heavy atom. The standard InChI is InChI=1S/C28H26ClN3O2S/c1-17(2)33-20-12-10-19(11-13-20)32-27(26(31-28(32)35)23-9-4-5-16-30-23)25-15-14-24(34-25)21-7-6-8-22(29)18(21)3/h4-17,26-27H,1-3H3,(H,31,35)/t26-,27-/m0/s1. The van der Waals surface area contributed by atoms with Crippen molar-refractivity contribution in [2.45, 2.75) is 39.0 Å². The fourth-order valence-corrected chi connectivity index (χ4v) is 4.93. The first-order valence-corrected chi connectivity index (χ1v) is 12.3. The summed E-state index contributed by atoms with van der Waals surface area (Å²) in [6.07, 6.45) is 1.90. The van der Waals surface area contributed by atoms with Gasteiger partial charge in [-0.05, 0) is 93.1 Å². The van der Waals surface area contributed by atoms with Gasteiger partial charge in [0.1, 0.15) is 23.3 Å². The SMILES string of the molecule is Cc1c(Cl)cccc1-c1ccc([C@H]2[C@H](c3ccccn3)NC(=S)N2c2ccc(OC(C)C)cc2)o1. The third kappa shape index (κ3) is 4.64. The molecule has 1 fully saturated rings. The van der Waals surface area contributed by atoms with Gasteiger partial charge in [-0.1, -0.05) is 29.8 Å². The Labute approximate surface area is 215 Å². The summed E-state index contributed by atoms with van der Waals surface area (Å²) < 4.78 is 12.3. The normalized spacial score (nSPS) is 17.6. The zero-order chi connectivity index (χ0) is 24.5. The maximum absolute atomic E-state index is 6.47. The quantitative estimate of drug-likeness (QED) is 0.279. The highest BCUT2D eigenvalue weighted by Gasteiger charge is 2.42. The van der Waals surface area contributed by atoms with Crippen molar-refractivity contribution in [1.82, 2.24) is 10.3 Å². The van der Waals surface area contributed by atoms with Crippen LogP contribution in [0.15, 0.2) is 83.4 Å². The highest BCUT2D eigenvalue weighted by molar-refractivity contribution is 7.80. The number of thiocarbonyl (C=S) groups is 1. The average molecular weight is 504 g/mol. The first-order valence-electron chi connectivity index (χ1n) is 11.5. The minimum absolute atomic E-state index is 0.105. The van der Waals surface area contributed by atoms with Crippen molar-refractivity contribution in [3.8, 4) is 17.1 Å². The second kappa shape index (κ2) is 9.72. The molecule has 1 aliphatic heterocycles. The van der Waals surface area contributed by atoms with Crippen molar-refractivity contribution < 1.29 is 9.15 Å². The van der Waals surface area contributed by atoms with Gasteiger partial charge < -0.3 is 19.4 Å². The van der Waals surface area contributed by atoms with Gasteiger partial charge >= 0.3 is 0 Å². The van der Waals surface area contributed by atoms with Crippen molar-refractivity contribution in [3.05, 3.63) is 101 Å². The summed E-state index contributed by atoms with van der Waals surface area (Å²) in [6, 6.07) is 23.3. The van der Waals surface area contributed by atoms with Gasteiger partial charge in [-0.2, -0.15) is 0 Å². The van der Waals surface area contributed by atoms with Crippen LogP contribution in [0.1, 0.15) is 42.9 Å². The van der Waals surface area contributed by atoms with E-state index in [1.807, 2.05) is 93.6 Å². The molecule has 2 atom stereocenters. The number of hydrogen-bond acceptors (Lipinski definition) is 4. The van der Waals surface area contributed by atoms with Crippen LogP contribution >= 0.6 is 23.8 Å².